The number of alkyl halides is 3. The van der Waals surface area contributed by atoms with Crippen LogP contribution in [0.3, 0.4) is 0 Å². The summed E-state index contributed by atoms with van der Waals surface area (Å²) in [6.45, 7) is 0.314. The number of rotatable bonds is 5. The fourth-order valence-electron chi connectivity index (χ4n) is 2.59. The van der Waals surface area contributed by atoms with E-state index in [0.29, 0.717) is 17.7 Å². The molecule has 0 radical (unpaired) electrons. The topological polar surface area (TPSA) is 78.5 Å². The van der Waals surface area contributed by atoms with E-state index in [-0.39, 0.29) is 6.54 Å². The third-order valence-corrected chi connectivity index (χ3v) is 4.63. The first kappa shape index (κ1) is 19.2. The number of halogens is 3. The summed E-state index contributed by atoms with van der Waals surface area (Å²) in [6, 6.07) is 1.48. The van der Waals surface area contributed by atoms with Gasteiger partial charge in [-0.3, -0.25) is 14.4 Å². The number of nitrogens with zero attached hydrogens (tertiary/aromatic N) is 1. The summed E-state index contributed by atoms with van der Waals surface area (Å²) in [5, 5.41) is 6.08. The quantitative estimate of drug-likeness (QED) is 0.817. The molecule has 2 N–H and O–H groups in total. The molecular formula is C15H18F3N3O3S. The molecule has 138 valence electrons. The predicted octanol–water partition coefficient (Wildman–Crippen LogP) is 1.54. The van der Waals surface area contributed by atoms with Crippen molar-refractivity contribution < 1.29 is 27.6 Å². The van der Waals surface area contributed by atoms with Gasteiger partial charge in [0.25, 0.3) is 5.91 Å². The van der Waals surface area contributed by atoms with E-state index in [1.165, 1.54) is 23.2 Å². The van der Waals surface area contributed by atoms with Crippen LogP contribution >= 0.6 is 11.3 Å². The fraction of sp³-hybridized carbons (Fsp3) is 0.533. The Morgan fingerprint density at radius 3 is 2.72 bits per heavy atom. The van der Waals surface area contributed by atoms with Crippen molar-refractivity contribution in [2.24, 2.45) is 0 Å². The van der Waals surface area contributed by atoms with Crippen molar-refractivity contribution in [3.8, 4) is 0 Å². The minimum Gasteiger partial charge on any atom is -0.345 e. The molecule has 0 spiro atoms. The highest BCUT2D eigenvalue weighted by atomic mass is 32.1. The van der Waals surface area contributed by atoms with E-state index in [1.807, 2.05) is 5.32 Å². The number of hydrogen-bond donors (Lipinski definition) is 2. The number of likely N-dealkylation sites (tertiary alicyclic amines) is 1. The Bertz CT molecular complexity index is 634. The number of carbonyl (C=O) groups is 3. The van der Waals surface area contributed by atoms with Crippen molar-refractivity contribution >= 4 is 29.1 Å². The zero-order valence-electron chi connectivity index (χ0n) is 13.4. The van der Waals surface area contributed by atoms with Gasteiger partial charge in [-0.15, -0.1) is 11.3 Å². The molecule has 0 unspecified atom stereocenters. The van der Waals surface area contributed by atoms with E-state index >= 15 is 0 Å². The molecule has 1 fully saturated rings. The van der Waals surface area contributed by atoms with Crippen molar-refractivity contribution in [3.63, 3.8) is 0 Å². The van der Waals surface area contributed by atoms with Crippen LogP contribution in [0.2, 0.25) is 0 Å². The Kier molecular flexibility index (Phi) is 6.04. The molecule has 3 amide bonds. The van der Waals surface area contributed by atoms with Crippen LogP contribution in [0, 0.1) is 0 Å². The average Bonchev–Trinajstić information content (AvgIpc) is 3.21. The van der Waals surface area contributed by atoms with E-state index < -0.39 is 42.5 Å². The lowest BCUT2D eigenvalue weighted by molar-refractivity contribution is -0.145. The van der Waals surface area contributed by atoms with Gasteiger partial charge in [0.1, 0.15) is 18.6 Å². The molecular weight excluding hydrogens is 359 g/mol. The second-order valence-corrected chi connectivity index (χ2v) is 6.64. The number of nitrogens with one attached hydrogen (secondary N) is 2. The number of hydrogen-bond acceptors (Lipinski definition) is 4. The highest BCUT2D eigenvalue weighted by Crippen LogP contribution is 2.20. The molecule has 10 heteroatoms. The monoisotopic (exact) mass is 377 g/mol. The number of thiophene rings is 1. The lowest BCUT2D eigenvalue weighted by atomic mass is 10.2. The van der Waals surface area contributed by atoms with Gasteiger partial charge in [0, 0.05) is 6.54 Å². The van der Waals surface area contributed by atoms with Crippen LogP contribution in [0.4, 0.5) is 13.2 Å². The van der Waals surface area contributed by atoms with Gasteiger partial charge >= 0.3 is 6.18 Å². The van der Waals surface area contributed by atoms with Gasteiger partial charge in [0.05, 0.1) is 4.88 Å². The van der Waals surface area contributed by atoms with Crippen molar-refractivity contribution in [3.05, 3.63) is 22.4 Å². The highest BCUT2D eigenvalue weighted by molar-refractivity contribution is 7.12. The lowest BCUT2D eigenvalue weighted by Gasteiger charge is -2.27. The average molecular weight is 377 g/mol. The maximum atomic E-state index is 12.5. The molecule has 2 heterocycles. The van der Waals surface area contributed by atoms with Crippen LogP contribution < -0.4 is 10.6 Å². The van der Waals surface area contributed by atoms with Gasteiger partial charge in [-0.1, -0.05) is 6.07 Å². The van der Waals surface area contributed by atoms with Crippen LogP contribution in [-0.4, -0.2) is 54.0 Å². The smallest absolute Gasteiger partial charge is 0.345 e. The molecule has 2 atom stereocenters. The number of amides is 3. The van der Waals surface area contributed by atoms with Crippen LogP contribution in [-0.2, 0) is 9.59 Å². The highest BCUT2D eigenvalue weighted by Gasteiger charge is 2.38. The molecule has 2 rings (SSSR count). The molecule has 0 saturated carbocycles. The Labute approximate surface area is 146 Å². The summed E-state index contributed by atoms with van der Waals surface area (Å²) in [6.07, 6.45) is -3.70. The van der Waals surface area contributed by atoms with Gasteiger partial charge < -0.3 is 15.5 Å². The summed E-state index contributed by atoms with van der Waals surface area (Å²) in [5.41, 5.74) is 0. The zero-order chi connectivity index (χ0) is 18.6. The molecule has 0 aliphatic carbocycles. The van der Waals surface area contributed by atoms with E-state index in [4.69, 9.17) is 0 Å². The van der Waals surface area contributed by atoms with Gasteiger partial charge in [-0.25, -0.2) is 0 Å². The summed E-state index contributed by atoms with van der Waals surface area (Å²) < 4.78 is 36.7. The zero-order valence-corrected chi connectivity index (χ0v) is 14.2. The second kappa shape index (κ2) is 7.85. The van der Waals surface area contributed by atoms with Crippen molar-refractivity contribution in [2.75, 3.05) is 13.1 Å². The minimum atomic E-state index is -4.51. The molecule has 1 aromatic rings. The summed E-state index contributed by atoms with van der Waals surface area (Å²) >= 11 is 1.22. The minimum absolute atomic E-state index is 0.266. The lowest BCUT2D eigenvalue weighted by Crippen LogP contribution is -2.53. The Balaban J connectivity index is 1.94. The molecule has 25 heavy (non-hydrogen) atoms. The maximum Gasteiger partial charge on any atom is 0.405 e. The van der Waals surface area contributed by atoms with Gasteiger partial charge in [0.15, 0.2) is 0 Å². The van der Waals surface area contributed by atoms with Crippen LogP contribution in [0.25, 0.3) is 0 Å². The van der Waals surface area contributed by atoms with Crippen molar-refractivity contribution in [1.29, 1.82) is 0 Å². The maximum absolute atomic E-state index is 12.5. The summed E-state index contributed by atoms with van der Waals surface area (Å²) in [4.78, 5) is 38.1. The largest absolute Gasteiger partial charge is 0.405 e. The third-order valence-electron chi connectivity index (χ3n) is 3.76. The molecule has 6 nitrogen and oxygen atoms in total. The van der Waals surface area contributed by atoms with Gasteiger partial charge in [-0.2, -0.15) is 13.2 Å². The summed E-state index contributed by atoms with van der Waals surface area (Å²) in [7, 11) is 0. The Morgan fingerprint density at radius 2 is 2.12 bits per heavy atom. The van der Waals surface area contributed by atoms with E-state index in [2.05, 4.69) is 5.32 Å². The first-order valence-electron chi connectivity index (χ1n) is 7.68. The van der Waals surface area contributed by atoms with Gasteiger partial charge in [0.2, 0.25) is 11.8 Å². The third kappa shape index (κ3) is 5.18. The SMILES string of the molecule is C[C@H](NC(=O)c1cccs1)C(=O)N1CCC[C@@H]1C(=O)NCC(F)(F)F. The molecule has 1 saturated heterocycles. The predicted molar refractivity (Wildman–Crippen MR) is 85.0 cm³/mol. The molecule has 0 bridgehead atoms. The Hall–Kier alpha value is -2.10. The van der Waals surface area contributed by atoms with Gasteiger partial charge in [-0.05, 0) is 31.2 Å². The molecule has 1 aromatic heterocycles. The van der Waals surface area contributed by atoms with E-state index in [0.717, 1.165) is 0 Å². The Morgan fingerprint density at radius 1 is 1.40 bits per heavy atom. The van der Waals surface area contributed by atoms with E-state index in [9.17, 15) is 27.6 Å². The van der Waals surface area contributed by atoms with Crippen molar-refractivity contribution in [2.45, 2.75) is 38.0 Å². The molecule has 0 aromatic carbocycles. The second-order valence-electron chi connectivity index (χ2n) is 5.70. The van der Waals surface area contributed by atoms with Crippen LogP contribution in [0.15, 0.2) is 17.5 Å². The molecule has 1 aliphatic rings. The van der Waals surface area contributed by atoms with Crippen molar-refractivity contribution in [1.82, 2.24) is 15.5 Å². The van der Waals surface area contributed by atoms with Crippen LogP contribution in [0.5, 0.6) is 0 Å². The van der Waals surface area contributed by atoms with E-state index in [1.54, 1.807) is 17.5 Å². The first-order valence-corrected chi connectivity index (χ1v) is 8.56. The normalized spacial score (nSPS) is 18.7. The molecule has 1 aliphatic heterocycles. The fourth-order valence-corrected chi connectivity index (χ4v) is 3.22. The summed E-state index contributed by atoms with van der Waals surface area (Å²) in [5.74, 6) is -1.73. The first-order chi connectivity index (χ1) is 11.7. The standard InChI is InChI=1S/C15H18F3N3O3S/c1-9(20-13(23)11-5-3-7-25-11)14(24)21-6-2-4-10(21)12(22)19-8-15(16,17)18/h3,5,7,9-10H,2,4,6,8H2,1H3,(H,19,22)(H,20,23)/t9-,10+/m0/s1. The van der Waals surface area contributed by atoms with Crippen LogP contribution in [0.1, 0.15) is 29.4 Å². The number of carbonyl (C=O) groups excluding carboxylic acids is 3.